The standard InChI is InChI=1S/C19H20N2O3S/c1-2-11-21(19-20-13-7-3-6-10-17(13)25-19)18(22)16-12-23-14-8-4-5-9-15(14)24-16/h2,4-5,8-9,16H,1,3,6-7,10-12H2/t16-/m1/s1. The number of thiazole rings is 1. The molecule has 2 aromatic rings. The van der Waals surface area contributed by atoms with Gasteiger partial charge in [0, 0.05) is 11.4 Å². The van der Waals surface area contributed by atoms with Gasteiger partial charge in [-0.25, -0.2) is 4.98 Å². The Morgan fingerprint density at radius 1 is 1.32 bits per heavy atom. The summed E-state index contributed by atoms with van der Waals surface area (Å²) in [6.45, 7) is 4.39. The van der Waals surface area contributed by atoms with Crippen molar-refractivity contribution in [3.05, 3.63) is 47.5 Å². The van der Waals surface area contributed by atoms with Gasteiger partial charge in [0.25, 0.3) is 5.91 Å². The number of ether oxygens (including phenoxy) is 2. The summed E-state index contributed by atoms with van der Waals surface area (Å²) in [5.74, 6) is 1.14. The summed E-state index contributed by atoms with van der Waals surface area (Å²) < 4.78 is 11.6. The average molecular weight is 356 g/mol. The monoisotopic (exact) mass is 356 g/mol. The van der Waals surface area contributed by atoms with Crippen LogP contribution in [-0.2, 0) is 17.6 Å². The zero-order chi connectivity index (χ0) is 17.2. The lowest BCUT2D eigenvalue weighted by atomic mass is 10.0. The largest absolute Gasteiger partial charge is 0.485 e. The van der Waals surface area contributed by atoms with Crippen LogP contribution in [0.3, 0.4) is 0 Å². The second-order valence-electron chi connectivity index (χ2n) is 6.18. The van der Waals surface area contributed by atoms with E-state index in [0.29, 0.717) is 18.0 Å². The van der Waals surface area contributed by atoms with Crippen LogP contribution in [0.15, 0.2) is 36.9 Å². The lowest BCUT2D eigenvalue weighted by molar-refractivity contribution is -0.127. The molecule has 4 rings (SSSR count). The van der Waals surface area contributed by atoms with Crippen molar-refractivity contribution >= 4 is 22.4 Å². The van der Waals surface area contributed by atoms with Crippen molar-refractivity contribution in [2.45, 2.75) is 31.8 Å². The highest BCUT2D eigenvalue weighted by Gasteiger charge is 2.33. The van der Waals surface area contributed by atoms with Gasteiger partial charge in [-0.3, -0.25) is 9.69 Å². The maximum atomic E-state index is 13.1. The van der Waals surface area contributed by atoms with Gasteiger partial charge in [0.05, 0.1) is 5.69 Å². The molecule has 0 saturated carbocycles. The van der Waals surface area contributed by atoms with Crippen LogP contribution in [0.2, 0.25) is 0 Å². The van der Waals surface area contributed by atoms with Gasteiger partial charge in [-0.05, 0) is 37.8 Å². The lowest BCUT2D eigenvalue weighted by Gasteiger charge is -2.29. The molecule has 130 valence electrons. The van der Waals surface area contributed by atoms with Gasteiger partial charge in [-0.1, -0.05) is 18.2 Å². The number of fused-ring (bicyclic) bond motifs is 2. The summed E-state index contributed by atoms with van der Waals surface area (Å²) in [4.78, 5) is 20.7. The Labute approximate surface area is 150 Å². The van der Waals surface area contributed by atoms with Crippen molar-refractivity contribution in [2.75, 3.05) is 18.1 Å². The quantitative estimate of drug-likeness (QED) is 0.788. The first-order chi connectivity index (χ1) is 12.3. The minimum atomic E-state index is -0.671. The Morgan fingerprint density at radius 2 is 2.12 bits per heavy atom. The predicted molar refractivity (Wildman–Crippen MR) is 97.7 cm³/mol. The fraction of sp³-hybridized carbons (Fsp3) is 0.368. The summed E-state index contributed by atoms with van der Waals surface area (Å²) in [6.07, 6.45) is 5.46. The zero-order valence-electron chi connectivity index (χ0n) is 13.9. The molecule has 1 atom stereocenters. The molecule has 0 N–H and O–H groups in total. The van der Waals surface area contributed by atoms with Gasteiger partial charge in [0.2, 0.25) is 6.10 Å². The van der Waals surface area contributed by atoms with Crippen molar-refractivity contribution in [3.8, 4) is 11.5 Å². The van der Waals surface area contributed by atoms with Crippen LogP contribution in [0, 0.1) is 0 Å². The highest BCUT2D eigenvalue weighted by Crippen LogP contribution is 2.34. The number of aryl methyl sites for hydroxylation is 2. The molecule has 1 aliphatic carbocycles. The smallest absolute Gasteiger partial charge is 0.273 e. The average Bonchev–Trinajstić information content (AvgIpc) is 3.09. The van der Waals surface area contributed by atoms with E-state index in [1.165, 1.54) is 17.7 Å². The van der Waals surface area contributed by atoms with Crippen LogP contribution >= 0.6 is 11.3 Å². The maximum absolute atomic E-state index is 13.1. The van der Waals surface area contributed by atoms with Crippen LogP contribution in [-0.4, -0.2) is 30.1 Å². The van der Waals surface area contributed by atoms with Gasteiger partial charge >= 0.3 is 0 Å². The third-order valence-corrected chi connectivity index (χ3v) is 5.61. The molecule has 0 bridgehead atoms. The minimum absolute atomic E-state index is 0.138. The molecule has 1 aliphatic heterocycles. The molecular weight excluding hydrogens is 336 g/mol. The molecule has 5 nitrogen and oxygen atoms in total. The van der Waals surface area contributed by atoms with Gasteiger partial charge in [0.1, 0.15) is 6.61 Å². The van der Waals surface area contributed by atoms with Crippen molar-refractivity contribution < 1.29 is 14.3 Å². The number of benzene rings is 1. The molecule has 0 unspecified atom stereocenters. The SMILES string of the molecule is C=CCN(C(=O)[C@H]1COc2ccccc2O1)c1nc2c(s1)CCCC2. The number of rotatable bonds is 4. The highest BCUT2D eigenvalue weighted by atomic mass is 32.1. The molecule has 25 heavy (non-hydrogen) atoms. The molecule has 6 heteroatoms. The molecule has 0 radical (unpaired) electrons. The minimum Gasteiger partial charge on any atom is -0.485 e. The van der Waals surface area contributed by atoms with E-state index >= 15 is 0 Å². The number of hydrogen-bond donors (Lipinski definition) is 0. The fourth-order valence-corrected chi connectivity index (χ4v) is 4.32. The van der Waals surface area contributed by atoms with Crippen molar-refractivity contribution in [1.82, 2.24) is 4.98 Å². The first-order valence-corrected chi connectivity index (χ1v) is 9.37. The molecule has 1 amide bonds. The molecule has 1 aromatic carbocycles. The van der Waals surface area contributed by atoms with Crippen LogP contribution in [0.25, 0.3) is 0 Å². The summed E-state index contributed by atoms with van der Waals surface area (Å²) in [6, 6.07) is 7.40. The zero-order valence-corrected chi connectivity index (χ0v) is 14.8. The highest BCUT2D eigenvalue weighted by molar-refractivity contribution is 7.16. The van der Waals surface area contributed by atoms with Gasteiger partial charge < -0.3 is 9.47 Å². The number of amides is 1. The van der Waals surface area contributed by atoms with E-state index in [9.17, 15) is 4.79 Å². The van der Waals surface area contributed by atoms with E-state index in [2.05, 4.69) is 6.58 Å². The number of hydrogen-bond acceptors (Lipinski definition) is 5. The Balaban J connectivity index is 1.57. The molecule has 2 heterocycles. The Kier molecular flexibility index (Phi) is 4.44. The van der Waals surface area contributed by atoms with Gasteiger partial charge in [-0.15, -0.1) is 17.9 Å². The Hall–Kier alpha value is -2.34. The second kappa shape index (κ2) is 6.88. The van der Waals surface area contributed by atoms with Crippen LogP contribution in [0.4, 0.5) is 5.13 Å². The third kappa shape index (κ3) is 3.14. The van der Waals surface area contributed by atoms with Gasteiger partial charge in [0.15, 0.2) is 16.6 Å². The Morgan fingerprint density at radius 3 is 2.92 bits per heavy atom. The van der Waals surface area contributed by atoms with E-state index in [1.807, 2.05) is 24.3 Å². The van der Waals surface area contributed by atoms with E-state index < -0.39 is 6.10 Å². The second-order valence-corrected chi connectivity index (χ2v) is 7.24. The predicted octanol–water partition coefficient (Wildman–Crippen LogP) is 3.38. The van der Waals surface area contributed by atoms with Crippen molar-refractivity contribution in [2.24, 2.45) is 0 Å². The fourth-order valence-electron chi connectivity index (χ4n) is 3.16. The van der Waals surface area contributed by atoms with Gasteiger partial charge in [-0.2, -0.15) is 0 Å². The molecule has 1 aromatic heterocycles. The number of anilines is 1. The molecule has 0 fully saturated rings. The molecule has 0 spiro atoms. The molecular formula is C19H20N2O3S. The number of carbonyl (C=O) groups is 1. The van der Waals surface area contributed by atoms with Crippen LogP contribution in [0.1, 0.15) is 23.4 Å². The number of para-hydroxylation sites is 2. The van der Waals surface area contributed by atoms with E-state index in [4.69, 9.17) is 14.5 Å². The topological polar surface area (TPSA) is 51.7 Å². The number of carbonyl (C=O) groups excluding carboxylic acids is 1. The molecule has 2 aliphatic rings. The van der Waals surface area contributed by atoms with Crippen LogP contribution < -0.4 is 14.4 Å². The van der Waals surface area contributed by atoms with E-state index in [1.54, 1.807) is 22.3 Å². The maximum Gasteiger partial charge on any atom is 0.273 e. The summed E-state index contributed by atoms with van der Waals surface area (Å²) >= 11 is 1.61. The van der Waals surface area contributed by atoms with Crippen molar-refractivity contribution in [3.63, 3.8) is 0 Å². The van der Waals surface area contributed by atoms with Crippen molar-refractivity contribution in [1.29, 1.82) is 0 Å². The van der Waals surface area contributed by atoms with E-state index in [-0.39, 0.29) is 12.5 Å². The normalized spacial score (nSPS) is 18.3. The lowest BCUT2D eigenvalue weighted by Crippen LogP contribution is -2.46. The first kappa shape index (κ1) is 16.1. The third-order valence-electron chi connectivity index (χ3n) is 4.43. The Bertz CT molecular complexity index is 778. The van der Waals surface area contributed by atoms with E-state index in [0.717, 1.165) is 23.7 Å². The summed E-state index contributed by atoms with van der Waals surface area (Å²) in [5.41, 5.74) is 1.14. The number of aromatic nitrogens is 1. The van der Waals surface area contributed by atoms with Crippen LogP contribution in [0.5, 0.6) is 11.5 Å². The molecule has 0 saturated heterocycles. The summed E-state index contributed by atoms with van der Waals surface area (Å²) in [5, 5.41) is 0.735. The summed E-state index contributed by atoms with van der Waals surface area (Å²) in [7, 11) is 0. The number of nitrogens with zero attached hydrogens (tertiary/aromatic N) is 2. The first-order valence-electron chi connectivity index (χ1n) is 8.55.